The maximum absolute atomic E-state index is 11.7. The molecule has 5 heteroatoms. The number of aliphatic imine (C=N–C) groups is 1. The van der Waals surface area contributed by atoms with E-state index in [0.29, 0.717) is 11.1 Å². The molecule has 5 nitrogen and oxygen atoms in total. The van der Waals surface area contributed by atoms with Gasteiger partial charge in [-0.25, -0.2) is 0 Å². The quantitative estimate of drug-likeness (QED) is 0.776. The van der Waals surface area contributed by atoms with Crippen LogP contribution in [0.4, 0.5) is 0 Å². The van der Waals surface area contributed by atoms with E-state index < -0.39 is 18.1 Å². The number of hydrogen-bond acceptors (Lipinski definition) is 4. The lowest BCUT2D eigenvalue weighted by Gasteiger charge is -2.17. The van der Waals surface area contributed by atoms with Crippen LogP contribution in [0.1, 0.15) is 17.2 Å². The molecule has 17 heavy (non-hydrogen) atoms. The Kier molecular flexibility index (Phi) is 3.21. The van der Waals surface area contributed by atoms with Crippen molar-refractivity contribution in [3.63, 3.8) is 0 Å². The maximum atomic E-state index is 11.7. The molecular weight excluding hydrogens is 222 g/mol. The van der Waals surface area contributed by atoms with Crippen molar-refractivity contribution >= 4 is 11.8 Å². The van der Waals surface area contributed by atoms with E-state index in [-0.39, 0.29) is 5.90 Å². The molecule has 0 aromatic heterocycles. The van der Waals surface area contributed by atoms with Crippen LogP contribution >= 0.6 is 0 Å². The summed E-state index contributed by atoms with van der Waals surface area (Å²) in [5.74, 6) is -0.350. The van der Waals surface area contributed by atoms with E-state index in [1.54, 1.807) is 24.3 Å². The average molecular weight is 235 g/mol. The minimum Gasteiger partial charge on any atom is -0.480 e. The first-order valence-electron chi connectivity index (χ1n) is 5.15. The first-order chi connectivity index (χ1) is 8.19. The Morgan fingerprint density at radius 2 is 2.00 bits per heavy atom. The van der Waals surface area contributed by atoms with E-state index in [1.165, 1.54) is 14.2 Å². The number of carbonyl (C=O) groups is 1. The van der Waals surface area contributed by atoms with Gasteiger partial charge in [-0.3, -0.25) is 4.79 Å². The standard InChI is InChI=1S/C12H13NO4/c1-16-10-9(14)7-5-3-4-6-8(7)12(17-2)13-11(10)15/h3-6,9-10,14H,1-2H3. The Labute approximate surface area is 98.7 Å². The van der Waals surface area contributed by atoms with Crippen molar-refractivity contribution in [2.75, 3.05) is 14.2 Å². The Morgan fingerprint density at radius 3 is 2.65 bits per heavy atom. The number of nitrogens with zero attached hydrogens (tertiary/aromatic N) is 1. The van der Waals surface area contributed by atoms with Gasteiger partial charge in [-0.05, 0) is 11.6 Å². The summed E-state index contributed by atoms with van der Waals surface area (Å²) in [7, 11) is 2.80. The number of hydrogen-bond donors (Lipinski definition) is 1. The fraction of sp³-hybridized carbons (Fsp3) is 0.333. The molecule has 1 aromatic rings. The maximum Gasteiger partial charge on any atom is 0.281 e. The van der Waals surface area contributed by atoms with Crippen LogP contribution in [0.15, 0.2) is 29.3 Å². The van der Waals surface area contributed by atoms with Crippen molar-refractivity contribution in [1.82, 2.24) is 0 Å². The third-order valence-electron chi connectivity index (χ3n) is 2.70. The van der Waals surface area contributed by atoms with Crippen LogP contribution < -0.4 is 0 Å². The molecule has 1 N–H and O–H groups in total. The first-order valence-corrected chi connectivity index (χ1v) is 5.15. The van der Waals surface area contributed by atoms with Crippen LogP contribution in [0, 0.1) is 0 Å². The molecule has 0 saturated heterocycles. The molecule has 0 fully saturated rings. The minimum absolute atomic E-state index is 0.198. The molecule has 1 aliphatic heterocycles. The van der Waals surface area contributed by atoms with Gasteiger partial charge in [0.25, 0.3) is 5.91 Å². The highest BCUT2D eigenvalue weighted by Crippen LogP contribution is 2.27. The van der Waals surface area contributed by atoms with E-state index >= 15 is 0 Å². The van der Waals surface area contributed by atoms with Gasteiger partial charge in [0.15, 0.2) is 6.10 Å². The molecule has 2 atom stereocenters. The van der Waals surface area contributed by atoms with Crippen molar-refractivity contribution in [2.24, 2.45) is 4.99 Å². The SMILES string of the molecule is COC1=NC(=O)C(OC)C(O)c2ccccc21. The molecule has 0 aliphatic carbocycles. The fourth-order valence-electron chi connectivity index (χ4n) is 1.86. The average Bonchev–Trinajstić information content (AvgIpc) is 2.45. The second kappa shape index (κ2) is 4.65. The smallest absolute Gasteiger partial charge is 0.281 e. The van der Waals surface area contributed by atoms with Gasteiger partial charge in [0.2, 0.25) is 5.90 Å². The van der Waals surface area contributed by atoms with Crippen molar-refractivity contribution in [3.8, 4) is 0 Å². The molecule has 1 amide bonds. The largest absolute Gasteiger partial charge is 0.480 e. The van der Waals surface area contributed by atoms with Gasteiger partial charge in [0, 0.05) is 12.7 Å². The molecular formula is C12H13NO4. The predicted molar refractivity (Wildman–Crippen MR) is 60.8 cm³/mol. The molecule has 2 rings (SSSR count). The highest BCUT2D eigenvalue weighted by molar-refractivity contribution is 6.05. The number of amides is 1. The lowest BCUT2D eigenvalue weighted by atomic mass is 9.99. The Bertz CT molecular complexity index is 469. The molecule has 0 spiro atoms. The number of benzene rings is 1. The predicted octanol–water partition coefficient (Wildman–Crippen LogP) is 0.668. The zero-order chi connectivity index (χ0) is 12.4. The van der Waals surface area contributed by atoms with Crippen LogP contribution in [-0.4, -0.2) is 37.2 Å². The van der Waals surface area contributed by atoms with E-state index in [2.05, 4.69) is 4.99 Å². The summed E-state index contributed by atoms with van der Waals surface area (Å²) in [6.45, 7) is 0. The number of ether oxygens (including phenoxy) is 2. The lowest BCUT2D eigenvalue weighted by molar-refractivity contribution is -0.134. The summed E-state index contributed by atoms with van der Waals surface area (Å²) >= 11 is 0. The number of carbonyl (C=O) groups excluding carboxylic acids is 1. The van der Waals surface area contributed by atoms with Gasteiger partial charge in [0.05, 0.1) is 7.11 Å². The van der Waals surface area contributed by atoms with Crippen LogP contribution in [0.25, 0.3) is 0 Å². The molecule has 1 aliphatic rings. The van der Waals surface area contributed by atoms with E-state index in [1.807, 2.05) is 0 Å². The van der Waals surface area contributed by atoms with Crippen LogP contribution in [0.5, 0.6) is 0 Å². The molecule has 1 aromatic carbocycles. The number of fused-ring (bicyclic) bond motifs is 1. The topological polar surface area (TPSA) is 68.1 Å². The summed E-state index contributed by atoms with van der Waals surface area (Å²) in [4.78, 5) is 15.6. The molecule has 90 valence electrons. The molecule has 2 unspecified atom stereocenters. The highest BCUT2D eigenvalue weighted by atomic mass is 16.5. The van der Waals surface area contributed by atoms with Gasteiger partial charge in [-0.15, -0.1) is 0 Å². The summed E-state index contributed by atoms with van der Waals surface area (Å²) < 4.78 is 10.1. The van der Waals surface area contributed by atoms with Crippen molar-refractivity contribution in [2.45, 2.75) is 12.2 Å². The molecule has 0 radical (unpaired) electrons. The van der Waals surface area contributed by atoms with Gasteiger partial charge in [-0.2, -0.15) is 4.99 Å². The number of aliphatic hydroxyl groups is 1. The number of rotatable bonds is 1. The lowest BCUT2D eigenvalue weighted by Crippen LogP contribution is -2.28. The Balaban J connectivity index is 2.59. The van der Waals surface area contributed by atoms with Crippen LogP contribution in [0.2, 0.25) is 0 Å². The third-order valence-corrected chi connectivity index (χ3v) is 2.70. The third kappa shape index (κ3) is 1.94. The summed E-state index contributed by atoms with van der Waals surface area (Å²) in [5, 5.41) is 10.1. The second-order valence-electron chi connectivity index (χ2n) is 3.65. The van der Waals surface area contributed by atoms with E-state index in [4.69, 9.17) is 9.47 Å². The second-order valence-corrected chi connectivity index (χ2v) is 3.65. The minimum atomic E-state index is -1.04. The molecule has 0 bridgehead atoms. The normalized spacial score (nSPS) is 23.7. The van der Waals surface area contributed by atoms with E-state index in [0.717, 1.165) is 0 Å². The Hall–Kier alpha value is -1.72. The molecule has 1 heterocycles. The summed E-state index contributed by atoms with van der Waals surface area (Å²) in [6.07, 6.45) is -2.04. The molecule has 0 saturated carbocycles. The van der Waals surface area contributed by atoms with Crippen LogP contribution in [0.3, 0.4) is 0 Å². The zero-order valence-electron chi connectivity index (χ0n) is 9.58. The number of aliphatic hydroxyl groups excluding tert-OH is 1. The van der Waals surface area contributed by atoms with Gasteiger partial charge in [0.1, 0.15) is 6.10 Å². The number of methoxy groups -OCH3 is 2. The highest BCUT2D eigenvalue weighted by Gasteiger charge is 2.33. The van der Waals surface area contributed by atoms with E-state index in [9.17, 15) is 9.90 Å². The van der Waals surface area contributed by atoms with Crippen molar-refractivity contribution in [1.29, 1.82) is 0 Å². The van der Waals surface area contributed by atoms with Gasteiger partial charge >= 0.3 is 0 Å². The monoisotopic (exact) mass is 235 g/mol. The van der Waals surface area contributed by atoms with Crippen LogP contribution in [-0.2, 0) is 14.3 Å². The Morgan fingerprint density at radius 1 is 1.29 bits per heavy atom. The summed E-state index contributed by atoms with van der Waals surface area (Å²) in [5.41, 5.74) is 1.18. The van der Waals surface area contributed by atoms with Gasteiger partial charge in [-0.1, -0.05) is 18.2 Å². The first kappa shape index (κ1) is 11.8. The fourth-order valence-corrected chi connectivity index (χ4v) is 1.86. The zero-order valence-corrected chi connectivity index (χ0v) is 9.58. The van der Waals surface area contributed by atoms with Crippen molar-refractivity contribution < 1.29 is 19.4 Å². The summed E-state index contributed by atoms with van der Waals surface area (Å²) in [6, 6.07) is 7.03. The van der Waals surface area contributed by atoms with Gasteiger partial charge < -0.3 is 14.6 Å². The van der Waals surface area contributed by atoms with Crippen molar-refractivity contribution in [3.05, 3.63) is 35.4 Å².